The summed E-state index contributed by atoms with van der Waals surface area (Å²) in [6, 6.07) is 3.59. The van der Waals surface area contributed by atoms with E-state index in [9.17, 15) is 4.79 Å². The number of unbranched alkanes of at least 4 members (excludes halogenated alkanes) is 1. The molecule has 0 aliphatic carbocycles. The van der Waals surface area contributed by atoms with Gasteiger partial charge in [0.15, 0.2) is 0 Å². The van der Waals surface area contributed by atoms with Gasteiger partial charge in [-0.25, -0.2) is 0 Å². The number of benzene rings is 1. The average Bonchev–Trinajstić information content (AvgIpc) is 2.64. The molecule has 1 heterocycles. The quantitative estimate of drug-likeness (QED) is 0.643. The molecule has 1 aliphatic rings. The van der Waals surface area contributed by atoms with Crippen molar-refractivity contribution >= 4 is 35.0 Å². The SMILES string of the molecule is CCCCSc1cc2c(cc1Cl)C(NC)C(=O)N2. The van der Waals surface area contributed by atoms with Gasteiger partial charge in [0.05, 0.1) is 5.02 Å². The highest BCUT2D eigenvalue weighted by Gasteiger charge is 2.30. The molecule has 0 radical (unpaired) electrons. The molecule has 0 saturated carbocycles. The Morgan fingerprint density at radius 1 is 1.50 bits per heavy atom. The number of anilines is 1. The van der Waals surface area contributed by atoms with Crippen molar-refractivity contribution in [3.05, 3.63) is 22.7 Å². The Balaban J connectivity index is 2.22. The Hall–Kier alpha value is -0.710. The number of likely N-dealkylation sites (N-methyl/N-ethyl adjacent to an activating group) is 1. The van der Waals surface area contributed by atoms with Crippen molar-refractivity contribution in [3.8, 4) is 0 Å². The van der Waals surface area contributed by atoms with E-state index in [0.29, 0.717) is 0 Å². The van der Waals surface area contributed by atoms with Crippen LogP contribution < -0.4 is 10.6 Å². The fourth-order valence-electron chi connectivity index (χ4n) is 1.99. The van der Waals surface area contributed by atoms with E-state index in [4.69, 9.17) is 11.6 Å². The predicted molar refractivity (Wildman–Crippen MR) is 77.5 cm³/mol. The lowest BCUT2D eigenvalue weighted by molar-refractivity contribution is -0.117. The zero-order valence-corrected chi connectivity index (χ0v) is 12.1. The van der Waals surface area contributed by atoms with Crippen LogP contribution in [0.25, 0.3) is 0 Å². The molecule has 1 unspecified atom stereocenters. The third kappa shape index (κ3) is 2.66. The molecule has 3 nitrogen and oxygen atoms in total. The number of thioether (sulfide) groups is 1. The molecule has 0 saturated heterocycles. The minimum atomic E-state index is -0.285. The molecule has 0 spiro atoms. The van der Waals surface area contributed by atoms with Gasteiger partial charge in [-0.05, 0) is 31.4 Å². The van der Waals surface area contributed by atoms with Crippen molar-refractivity contribution in [2.75, 3.05) is 18.1 Å². The van der Waals surface area contributed by atoms with Crippen LogP contribution in [0.2, 0.25) is 5.02 Å². The van der Waals surface area contributed by atoms with Crippen molar-refractivity contribution < 1.29 is 4.79 Å². The third-order valence-corrected chi connectivity index (χ3v) is 4.55. The first kappa shape index (κ1) is 13.7. The number of carbonyl (C=O) groups is 1. The van der Waals surface area contributed by atoms with Gasteiger partial charge in [-0.3, -0.25) is 4.79 Å². The Kier molecular flexibility index (Phi) is 4.54. The van der Waals surface area contributed by atoms with E-state index in [1.165, 1.54) is 12.8 Å². The van der Waals surface area contributed by atoms with E-state index < -0.39 is 0 Å². The summed E-state index contributed by atoms with van der Waals surface area (Å²) in [6.07, 6.45) is 2.34. The largest absolute Gasteiger partial charge is 0.324 e. The van der Waals surface area contributed by atoms with Crippen LogP contribution in [-0.4, -0.2) is 18.7 Å². The van der Waals surface area contributed by atoms with Crippen LogP contribution in [-0.2, 0) is 4.79 Å². The van der Waals surface area contributed by atoms with Crippen LogP contribution in [0.4, 0.5) is 5.69 Å². The second-order valence-electron chi connectivity index (χ2n) is 4.28. The Bertz CT molecular complexity index is 465. The number of fused-ring (bicyclic) bond motifs is 1. The van der Waals surface area contributed by atoms with Crippen molar-refractivity contribution in [1.29, 1.82) is 0 Å². The highest BCUT2D eigenvalue weighted by molar-refractivity contribution is 7.99. The van der Waals surface area contributed by atoms with E-state index in [1.54, 1.807) is 18.8 Å². The van der Waals surface area contributed by atoms with Gasteiger partial charge in [-0.15, -0.1) is 11.8 Å². The molecule has 1 atom stereocenters. The number of halogens is 1. The third-order valence-electron chi connectivity index (χ3n) is 2.98. The van der Waals surface area contributed by atoms with Gasteiger partial charge in [0, 0.05) is 16.1 Å². The zero-order chi connectivity index (χ0) is 13.1. The summed E-state index contributed by atoms with van der Waals surface area (Å²) >= 11 is 8.01. The van der Waals surface area contributed by atoms with Gasteiger partial charge in [-0.2, -0.15) is 0 Å². The van der Waals surface area contributed by atoms with E-state index in [-0.39, 0.29) is 11.9 Å². The van der Waals surface area contributed by atoms with E-state index in [0.717, 1.165) is 26.9 Å². The molecule has 2 rings (SSSR count). The summed E-state index contributed by atoms with van der Waals surface area (Å²) in [5.74, 6) is 1.04. The van der Waals surface area contributed by atoms with Gasteiger partial charge >= 0.3 is 0 Å². The predicted octanol–water partition coefficient (Wildman–Crippen LogP) is 3.44. The summed E-state index contributed by atoms with van der Waals surface area (Å²) in [4.78, 5) is 12.8. The first-order valence-corrected chi connectivity index (χ1v) is 7.48. The van der Waals surface area contributed by atoms with Crippen LogP contribution >= 0.6 is 23.4 Å². The highest BCUT2D eigenvalue weighted by atomic mass is 35.5. The fourth-order valence-corrected chi connectivity index (χ4v) is 3.37. The lowest BCUT2D eigenvalue weighted by Crippen LogP contribution is -2.23. The minimum absolute atomic E-state index is 0.0146. The lowest BCUT2D eigenvalue weighted by Gasteiger charge is -2.09. The van der Waals surface area contributed by atoms with E-state index in [2.05, 4.69) is 17.6 Å². The van der Waals surface area contributed by atoms with Crippen molar-refractivity contribution in [2.45, 2.75) is 30.7 Å². The highest BCUT2D eigenvalue weighted by Crippen LogP contribution is 2.38. The standard InChI is InChI=1S/C13H17ClN2OS/c1-3-4-5-18-11-7-10-8(6-9(11)14)12(15-2)13(17)16-10/h6-7,12,15H,3-5H2,1-2H3,(H,16,17). The molecule has 1 aliphatic heterocycles. The summed E-state index contributed by atoms with van der Waals surface area (Å²) in [5, 5.41) is 6.60. The number of nitrogens with one attached hydrogen (secondary N) is 2. The molecule has 2 N–H and O–H groups in total. The van der Waals surface area contributed by atoms with Crippen molar-refractivity contribution in [1.82, 2.24) is 5.32 Å². The topological polar surface area (TPSA) is 41.1 Å². The van der Waals surface area contributed by atoms with Gasteiger partial charge in [-0.1, -0.05) is 24.9 Å². The van der Waals surface area contributed by atoms with Crippen LogP contribution in [0.15, 0.2) is 17.0 Å². The molecule has 0 aromatic heterocycles. The summed E-state index contributed by atoms with van der Waals surface area (Å²) in [5.41, 5.74) is 1.81. The molecule has 0 bridgehead atoms. The molecule has 5 heteroatoms. The molecule has 1 aromatic rings. The number of carbonyl (C=O) groups excluding carboxylic acids is 1. The first-order valence-electron chi connectivity index (χ1n) is 6.11. The summed E-state index contributed by atoms with van der Waals surface area (Å²) < 4.78 is 0. The molecule has 0 fully saturated rings. The molecule has 18 heavy (non-hydrogen) atoms. The van der Waals surface area contributed by atoms with Crippen LogP contribution in [0.5, 0.6) is 0 Å². The minimum Gasteiger partial charge on any atom is -0.324 e. The Morgan fingerprint density at radius 2 is 2.28 bits per heavy atom. The van der Waals surface area contributed by atoms with E-state index >= 15 is 0 Å². The fraction of sp³-hybridized carbons (Fsp3) is 0.462. The van der Waals surface area contributed by atoms with Crippen molar-refractivity contribution in [2.24, 2.45) is 0 Å². The van der Waals surface area contributed by atoms with Crippen LogP contribution in [0.1, 0.15) is 31.4 Å². The number of hydrogen-bond donors (Lipinski definition) is 2. The van der Waals surface area contributed by atoms with Gasteiger partial charge < -0.3 is 10.6 Å². The van der Waals surface area contributed by atoms with Gasteiger partial charge in [0.25, 0.3) is 0 Å². The molecule has 1 aromatic carbocycles. The normalized spacial score (nSPS) is 17.7. The molecular formula is C13H17ClN2OS. The monoisotopic (exact) mass is 284 g/mol. The summed E-state index contributed by atoms with van der Waals surface area (Å²) in [7, 11) is 1.77. The first-order chi connectivity index (χ1) is 8.67. The maximum absolute atomic E-state index is 11.7. The smallest absolute Gasteiger partial charge is 0.246 e. The number of hydrogen-bond acceptors (Lipinski definition) is 3. The Labute approximate surface area is 117 Å². The number of rotatable bonds is 5. The average molecular weight is 285 g/mol. The molecular weight excluding hydrogens is 268 g/mol. The van der Waals surface area contributed by atoms with Gasteiger partial charge in [0.1, 0.15) is 6.04 Å². The number of amides is 1. The van der Waals surface area contributed by atoms with Crippen LogP contribution in [0, 0.1) is 0 Å². The molecule has 1 amide bonds. The van der Waals surface area contributed by atoms with Crippen molar-refractivity contribution in [3.63, 3.8) is 0 Å². The maximum atomic E-state index is 11.7. The molecule has 98 valence electrons. The van der Waals surface area contributed by atoms with E-state index in [1.807, 2.05) is 12.1 Å². The summed E-state index contributed by atoms with van der Waals surface area (Å²) in [6.45, 7) is 2.17. The zero-order valence-electron chi connectivity index (χ0n) is 10.5. The van der Waals surface area contributed by atoms with Gasteiger partial charge in [0.2, 0.25) is 5.91 Å². The Morgan fingerprint density at radius 3 is 2.94 bits per heavy atom. The maximum Gasteiger partial charge on any atom is 0.246 e. The second-order valence-corrected chi connectivity index (χ2v) is 5.83. The lowest BCUT2D eigenvalue weighted by atomic mass is 10.1. The second kappa shape index (κ2) is 5.95. The van der Waals surface area contributed by atoms with Crippen LogP contribution in [0.3, 0.4) is 0 Å².